The average Bonchev–Trinajstić information content (AvgIpc) is 3.16. The quantitative estimate of drug-likeness (QED) is 0.605. The van der Waals surface area contributed by atoms with E-state index in [1.807, 2.05) is 44.2 Å². The highest BCUT2D eigenvalue weighted by atomic mass is 32.2. The maximum atomic E-state index is 12.7. The number of carbonyl (C=O) groups is 1. The van der Waals surface area contributed by atoms with Crippen molar-refractivity contribution in [2.75, 3.05) is 12.4 Å². The van der Waals surface area contributed by atoms with Gasteiger partial charge in [0.15, 0.2) is 0 Å². The van der Waals surface area contributed by atoms with Gasteiger partial charge < -0.3 is 14.5 Å². The third-order valence-electron chi connectivity index (χ3n) is 3.88. The van der Waals surface area contributed by atoms with E-state index < -0.39 is 0 Å². The summed E-state index contributed by atoms with van der Waals surface area (Å²) in [6.45, 7) is 3.97. The lowest BCUT2D eigenvalue weighted by molar-refractivity contribution is -0.116. The van der Waals surface area contributed by atoms with E-state index in [0.717, 1.165) is 11.3 Å². The number of nitrogens with one attached hydrogen (secondary N) is 1. The van der Waals surface area contributed by atoms with Gasteiger partial charge in [0, 0.05) is 11.3 Å². The minimum Gasteiger partial charge on any atom is -0.497 e. The van der Waals surface area contributed by atoms with E-state index in [-0.39, 0.29) is 17.1 Å². The molecule has 0 saturated heterocycles. The number of nitrogens with zero attached hydrogens (tertiary/aromatic N) is 2. The molecule has 1 N–H and O–H groups in total. The maximum absolute atomic E-state index is 12.7. The van der Waals surface area contributed by atoms with Gasteiger partial charge >= 0.3 is 0 Å². The van der Waals surface area contributed by atoms with Crippen LogP contribution in [-0.4, -0.2) is 28.5 Å². The molecular formula is C20H21N3O3S. The van der Waals surface area contributed by atoms with Crippen LogP contribution in [0, 0.1) is 5.92 Å². The normalized spacial score (nSPS) is 12.0. The van der Waals surface area contributed by atoms with Crippen molar-refractivity contribution in [2.24, 2.45) is 5.92 Å². The van der Waals surface area contributed by atoms with Crippen LogP contribution in [-0.2, 0) is 4.79 Å². The number of aromatic nitrogens is 2. The Balaban J connectivity index is 1.70. The second-order valence-electron chi connectivity index (χ2n) is 6.24. The number of anilines is 1. The first-order valence-electron chi connectivity index (χ1n) is 8.57. The fraction of sp³-hybridized carbons (Fsp3) is 0.250. The highest BCUT2D eigenvalue weighted by Gasteiger charge is 2.26. The summed E-state index contributed by atoms with van der Waals surface area (Å²) in [5.74, 6) is 1.15. The first kappa shape index (κ1) is 19.0. The number of hydrogen-bond acceptors (Lipinski definition) is 6. The summed E-state index contributed by atoms with van der Waals surface area (Å²) >= 11 is 1.27. The van der Waals surface area contributed by atoms with Crippen LogP contribution in [0.4, 0.5) is 5.69 Å². The van der Waals surface area contributed by atoms with Gasteiger partial charge in [-0.05, 0) is 42.3 Å². The molecule has 140 valence electrons. The lowest BCUT2D eigenvalue weighted by atomic mass is 10.1. The van der Waals surface area contributed by atoms with Crippen molar-refractivity contribution in [3.05, 3.63) is 54.6 Å². The van der Waals surface area contributed by atoms with E-state index in [1.165, 1.54) is 11.8 Å². The van der Waals surface area contributed by atoms with E-state index >= 15 is 0 Å². The molecule has 0 aliphatic rings. The predicted molar refractivity (Wildman–Crippen MR) is 106 cm³/mol. The van der Waals surface area contributed by atoms with Crippen LogP contribution < -0.4 is 10.1 Å². The van der Waals surface area contributed by atoms with Crippen molar-refractivity contribution in [1.82, 2.24) is 10.2 Å². The smallest absolute Gasteiger partial charge is 0.277 e. The van der Waals surface area contributed by atoms with Crippen LogP contribution in [0.5, 0.6) is 5.75 Å². The van der Waals surface area contributed by atoms with E-state index in [1.54, 1.807) is 31.4 Å². The molecule has 1 aromatic heterocycles. The topological polar surface area (TPSA) is 77.2 Å². The predicted octanol–water partition coefficient (Wildman–Crippen LogP) is 4.50. The van der Waals surface area contributed by atoms with Gasteiger partial charge in [-0.2, -0.15) is 0 Å². The third-order valence-corrected chi connectivity index (χ3v) is 5.26. The minimum atomic E-state index is -0.365. The summed E-state index contributed by atoms with van der Waals surface area (Å²) < 4.78 is 10.9. The Morgan fingerprint density at radius 3 is 2.41 bits per heavy atom. The van der Waals surface area contributed by atoms with Gasteiger partial charge in [-0.25, -0.2) is 0 Å². The molecule has 0 radical (unpaired) electrons. The maximum Gasteiger partial charge on any atom is 0.277 e. The standard InChI is InChI=1S/C20H21N3O3S/c1-13(2)17(18(24)21-15-9-11-16(25-3)12-10-15)27-20-23-22-19(26-20)14-7-5-4-6-8-14/h4-13,17H,1-3H3,(H,21,24). The molecule has 27 heavy (non-hydrogen) atoms. The minimum absolute atomic E-state index is 0.0836. The van der Waals surface area contributed by atoms with Crippen molar-refractivity contribution < 1.29 is 13.9 Å². The molecule has 1 heterocycles. The van der Waals surface area contributed by atoms with Gasteiger partial charge in [-0.1, -0.05) is 43.8 Å². The summed E-state index contributed by atoms with van der Waals surface area (Å²) in [6.07, 6.45) is 0. The number of rotatable bonds is 7. The van der Waals surface area contributed by atoms with Crippen molar-refractivity contribution in [3.8, 4) is 17.2 Å². The molecule has 0 aliphatic heterocycles. The van der Waals surface area contributed by atoms with Crippen LogP contribution in [0.25, 0.3) is 11.5 Å². The van der Waals surface area contributed by atoms with Gasteiger partial charge in [0.05, 0.1) is 12.4 Å². The second kappa shape index (κ2) is 8.73. The van der Waals surface area contributed by atoms with Gasteiger partial charge in [-0.15, -0.1) is 10.2 Å². The van der Waals surface area contributed by atoms with Crippen molar-refractivity contribution in [3.63, 3.8) is 0 Å². The molecule has 7 heteroatoms. The molecule has 1 amide bonds. The first-order valence-corrected chi connectivity index (χ1v) is 9.45. The average molecular weight is 383 g/mol. The van der Waals surface area contributed by atoms with Crippen molar-refractivity contribution in [2.45, 2.75) is 24.3 Å². The lowest BCUT2D eigenvalue weighted by Gasteiger charge is -2.18. The van der Waals surface area contributed by atoms with Crippen molar-refractivity contribution >= 4 is 23.4 Å². The van der Waals surface area contributed by atoms with Crippen LogP contribution in [0.15, 0.2) is 64.2 Å². The van der Waals surface area contributed by atoms with E-state index in [0.29, 0.717) is 16.8 Å². The summed E-state index contributed by atoms with van der Waals surface area (Å²) in [5.41, 5.74) is 1.56. The Hall–Kier alpha value is -2.80. The second-order valence-corrected chi connectivity index (χ2v) is 7.33. The van der Waals surface area contributed by atoms with Crippen molar-refractivity contribution in [1.29, 1.82) is 0 Å². The van der Waals surface area contributed by atoms with Gasteiger partial charge in [-0.3, -0.25) is 4.79 Å². The molecule has 0 saturated carbocycles. The Morgan fingerprint density at radius 1 is 1.07 bits per heavy atom. The van der Waals surface area contributed by atoms with E-state index in [2.05, 4.69) is 15.5 Å². The van der Waals surface area contributed by atoms with Gasteiger partial charge in [0.1, 0.15) is 5.75 Å². The number of hydrogen-bond donors (Lipinski definition) is 1. The summed E-state index contributed by atoms with van der Waals surface area (Å²) in [6, 6.07) is 16.8. The molecule has 1 unspecified atom stereocenters. The zero-order valence-corrected chi connectivity index (χ0v) is 16.2. The molecule has 0 spiro atoms. The third kappa shape index (κ3) is 4.89. The van der Waals surface area contributed by atoms with Gasteiger partial charge in [0.25, 0.3) is 5.22 Å². The van der Waals surface area contributed by atoms with Crippen LogP contribution >= 0.6 is 11.8 Å². The number of benzene rings is 2. The zero-order chi connectivity index (χ0) is 19.2. The lowest BCUT2D eigenvalue weighted by Crippen LogP contribution is -2.29. The summed E-state index contributed by atoms with van der Waals surface area (Å²) in [4.78, 5) is 12.7. The Labute approximate surface area is 162 Å². The Kier molecular flexibility index (Phi) is 6.13. The Bertz CT molecular complexity index is 879. The highest BCUT2D eigenvalue weighted by molar-refractivity contribution is 8.00. The van der Waals surface area contributed by atoms with Crippen LogP contribution in [0.3, 0.4) is 0 Å². The number of methoxy groups -OCH3 is 1. The van der Waals surface area contributed by atoms with Crippen LogP contribution in [0.1, 0.15) is 13.8 Å². The molecule has 1 atom stereocenters. The summed E-state index contributed by atoms with van der Waals surface area (Å²) in [7, 11) is 1.60. The molecule has 3 aromatic rings. The summed E-state index contributed by atoms with van der Waals surface area (Å²) in [5, 5.41) is 11.1. The molecule has 3 rings (SSSR count). The largest absolute Gasteiger partial charge is 0.497 e. The fourth-order valence-corrected chi connectivity index (χ4v) is 3.31. The number of ether oxygens (including phenoxy) is 1. The molecule has 0 aliphatic carbocycles. The number of carbonyl (C=O) groups excluding carboxylic acids is 1. The van der Waals surface area contributed by atoms with E-state index in [9.17, 15) is 4.79 Å². The molecular weight excluding hydrogens is 362 g/mol. The zero-order valence-electron chi connectivity index (χ0n) is 15.4. The highest BCUT2D eigenvalue weighted by Crippen LogP contribution is 2.30. The molecule has 0 fully saturated rings. The monoisotopic (exact) mass is 383 g/mol. The first-order chi connectivity index (χ1) is 13.1. The molecule has 2 aromatic carbocycles. The van der Waals surface area contributed by atoms with Gasteiger partial charge in [0.2, 0.25) is 11.8 Å². The number of thioether (sulfide) groups is 1. The molecule has 0 bridgehead atoms. The molecule has 6 nitrogen and oxygen atoms in total. The number of amides is 1. The van der Waals surface area contributed by atoms with Crippen LogP contribution in [0.2, 0.25) is 0 Å². The Morgan fingerprint density at radius 2 is 1.78 bits per heavy atom. The van der Waals surface area contributed by atoms with E-state index in [4.69, 9.17) is 9.15 Å². The fourth-order valence-electron chi connectivity index (χ4n) is 2.44. The SMILES string of the molecule is COc1ccc(NC(=O)C(Sc2nnc(-c3ccccc3)o2)C(C)C)cc1.